The molecule has 0 bridgehead atoms. The van der Waals surface area contributed by atoms with Crippen LogP contribution in [0.3, 0.4) is 0 Å². The van der Waals surface area contributed by atoms with Gasteiger partial charge in [0.2, 0.25) is 11.8 Å². The van der Waals surface area contributed by atoms with E-state index < -0.39 is 0 Å². The molecule has 0 aromatic heterocycles. The van der Waals surface area contributed by atoms with Gasteiger partial charge in [-0.25, -0.2) is 0 Å². The number of amides is 2. The third-order valence-corrected chi connectivity index (χ3v) is 5.46. The molecule has 142 valence electrons. The van der Waals surface area contributed by atoms with E-state index in [-0.39, 0.29) is 30.2 Å². The molecule has 2 aromatic carbocycles. The summed E-state index contributed by atoms with van der Waals surface area (Å²) in [6, 6.07) is 16.3. The standard InChI is InChI=1S/C23H28N2O2/c1-16-8-7-11-21(18(16)3)25-15-20(14-22(25)26)23(27)24-17(2)12-13-19-9-5-4-6-10-19/h4-11,17,20H,12-15H2,1-3H3,(H,24,27)/t17-,20-/m1/s1. The Morgan fingerprint density at radius 2 is 1.89 bits per heavy atom. The molecule has 1 heterocycles. The molecule has 4 heteroatoms. The van der Waals surface area contributed by atoms with Crippen LogP contribution in [0.25, 0.3) is 0 Å². The normalized spacial score (nSPS) is 17.8. The molecule has 4 nitrogen and oxygen atoms in total. The maximum Gasteiger partial charge on any atom is 0.227 e. The molecule has 2 atom stereocenters. The average Bonchev–Trinajstić information content (AvgIpc) is 3.05. The van der Waals surface area contributed by atoms with Crippen molar-refractivity contribution in [2.45, 2.75) is 46.1 Å². The number of carbonyl (C=O) groups excluding carboxylic acids is 2. The zero-order valence-electron chi connectivity index (χ0n) is 16.4. The van der Waals surface area contributed by atoms with E-state index in [4.69, 9.17) is 0 Å². The van der Waals surface area contributed by atoms with Gasteiger partial charge in [0.15, 0.2) is 0 Å². The lowest BCUT2D eigenvalue weighted by molar-refractivity contribution is -0.126. The number of nitrogens with zero attached hydrogens (tertiary/aromatic N) is 1. The van der Waals surface area contributed by atoms with Gasteiger partial charge in [-0.05, 0) is 56.4 Å². The lowest BCUT2D eigenvalue weighted by Crippen LogP contribution is -2.38. The summed E-state index contributed by atoms with van der Waals surface area (Å²) in [7, 11) is 0. The summed E-state index contributed by atoms with van der Waals surface area (Å²) in [6.45, 7) is 6.55. The van der Waals surface area contributed by atoms with Gasteiger partial charge < -0.3 is 10.2 Å². The first-order valence-electron chi connectivity index (χ1n) is 9.66. The summed E-state index contributed by atoms with van der Waals surface area (Å²) in [5, 5.41) is 3.09. The number of hydrogen-bond donors (Lipinski definition) is 1. The summed E-state index contributed by atoms with van der Waals surface area (Å²) in [5.74, 6) is -0.269. The summed E-state index contributed by atoms with van der Waals surface area (Å²) < 4.78 is 0. The highest BCUT2D eigenvalue weighted by atomic mass is 16.2. The number of anilines is 1. The highest BCUT2D eigenvalue weighted by Crippen LogP contribution is 2.29. The highest BCUT2D eigenvalue weighted by molar-refractivity contribution is 6.00. The molecule has 0 unspecified atom stereocenters. The van der Waals surface area contributed by atoms with Crippen molar-refractivity contribution in [3.05, 3.63) is 65.2 Å². The first-order valence-corrected chi connectivity index (χ1v) is 9.66. The van der Waals surface area contributed by atoms with Gasteiger partial charge in [-0.15, -0.1) is 0 Å². The molecule has 0 aliphatic carbocycles. The number of aryl methyl sites for hydroxylation is 2. The van der Waals surface area contributed by atoms with Crippen molar-refractivity contribution in [3.63, 3.8) is 0 Å². The molecule has 3 rings (SSSR count). The van der Waals surface area contributed by atoms with Crippen LogP contribution in [0.1, 0.15) is 36.5 Å². The van der Waals surface area contributed by atoms with Crippen molar-refractivity contribution in [1.82, 2.24) is 5.32 Å². The van der Waals surface area contributed by atoms with E-state index in [0.717, 1.165) is 29.7 Å². The second-order valence-corrected chi connectivity index (χ2v) is 7.56. The first kappa shape index (κ1) is 19.2. The van der Waals surface area contributed by atoms with Crippen LogP contribution in [-0.4, -0.2) is 24.4 Å². The minimum absolute atomic E-state index is 0.0169. The topological polar surface area (TPSA) is 49.4 Å². The Morgan fingerprint density at radius 1 is 1.15 bits per heavy atom. The number of rotatable bonds is 6. The van der Waals surface area contributed by atoms with E-state index in [0.29, 0.717) is 6.54 Å². The van der Waals surface area contributed by atoms with Crippen molar-refractivity contribution in [3.8, 4) is 0 Å². The quantitative estimate of drug-likeness (QED) is 0.848. The summed E-state index contributed by atoms with van der Waals surface area (Å²) in [4.78, 5) is 26.9. The lowest BCUT2D eigenvalue weighted by Gasteiger charge is -2.21. The first-order chi connectivity index (χ1) is 13.0. The maximum absolute atomic E-state index is 12.7. The Bertz CT molecular complexity index is 816. The third kappa shape index (κ3) is 4.57. The van der Waals surface area contributed by atoms with Gasteiger partial charge in [-0.1, -0.05) is 42.5 Å². The molecule has 1 N–H and O–H groups in total. The van der Waals surface area contributed by atoms with Gasteiger partial charge in [0.05, 0.1) is 5.92 Å². The molecule has 1 fully saturated rings. The second-order valence-electron chi connectivity index (χ2n) is 7.56. The van der Waals surface area contributed by atoms with Crippen molar-refractivity contribution in [2.24, 2.45) is 5.92 Å². The van der Waals surface area contributed by atoms with Crippen LogP contribution in [0.15, 0.2) is 48.5 Å². The second kappa shape index (κ2) is 8.38. The lowest BCUT2D eigenvalue weighted by atomic mass is 10.0. The number of hydrogen-bond acceptors (Lipinski definition) is 2. The van der Waals surface area contributed by atoms with Crippen LogP contribution in [0.4, 0.5) is 5.69 Å². The highest BCUT2D eigenvalue weighted by Gasteiger charge is 2.36. The van der Waals surface area contributed by atoms with E-state index in [2.05, 4.69) is 17.4 Å². The van der Waals surface area contributed by atoms with Crippen LogP contribution < -0.4 is 10.2 Å². The molecule has 1 saturated heterocycles. The summed E-state index contributed by atoms with van der Waals surface area (Å²) >= 11 is 0. The van der Waals surface area contributed by atoms with Crippen LogP contribution in [0, 0.1) is 19.8 Å². The molecule has 0 saturated carbocycles. The fourth-order valence-electron chi connectivity index (χ4n) is 3.60. The molecule has 1 aliphatic heterocycles. The zero-order chi connectivity index (χ0) is 19.4. The molecule has 27 heavy (non-hydrogen) atoms. The van der Waals surface area contributed by atoms with Gasteiger partial charge in [0, 0.05) is 24.7 Å². The Labute approximate surface area is 161 Å². The van der Waals surface area contributed by atoms with Crippen LogP contribution in [0.5, 0.6) is 0 Å². The fraction of sp³-hybridized carbons (Fsp3) is 0.391. The predicted octanol–water partition coefficient (Wildman–Crippen LogP) is 3.79. The molecule has 0 spiro atoms. The van der Waals surface area contributed by atoms with E-state index in [1.807, 2.05) is 57.2 Å². The van der Waals surface area contributed by atoms with E-state index in [1.54, 1.807) is 4.90 Å². The minimum Gasteiger partial charge on any atom is -0.353 e. The maximum atomic E-state index is 12.7. The number of benzene rings is 2. The van der Waals surface area contributed by atoms with Crippen molar-refractivity contribution >= 4 is 17.5 Å². The fourth-order valence-corrected chi connectivity index (χ4v) is 3.60. The van der Waals surface area contributed by atoms with Gasteiger partial charge in [0.1, 0.15) is 0 Å². The van der Waals surface area contributed by atoms with Crippen LogP contribution in [0.2, 0.25) is 0 Å². The minimum atomic E-state index is -0.281. The van der Waals surface area contributed by atoms with Crippen molar-refractivity contribution in [1.29, 1.82) is 0 Å². The Hall–Kier alpha value is -2.62. The van der Waals surface area contributed by atoms with Gasteiger partial charge in [-0.3, -0.25) is 9.59 Å². The Kier molecular flexibility index (Phi) is 5.94. The zero-order valence-corrected chi connectivity index (χ0v) is 16.4. The summed E-state index contributed by atoms with van der Waals surface area (Å²) in [6.07, 6.45) is 2.10. The van der Waals surface area contributed by atoms with Gasteiger partial charge in [-0.2, -0.15) is 0 Å². The molecule has 2 aromatic rings. The van der Waals surface area contributed by atoms with Gasteiger partial charge >= 0.3 is 0 Å². The molecular weight excluding hydrogens is 336 g/mol. The van der Waals surface area contributed by atoms with Crippen LogP contribution in [-0.2, 0) is 16.0 Å². The largest absolute Gasteiger partial charge is 0.353 e. The predicted molar refractivity (Wildman–Crippen MR) is 109 cm³/mol. The van der Waals surface area contributed by atoms with E-state index >= 15 is 0 Å². The van der Waals surface area contributed by atoms with E-state index in [9.17, 15) is 9.59 Å². The molecule has 1 aliphatic rings. The molecule has 2 amide bonds. The summed E-state index contributed by atoms with van der Waals surface area (Å²) in [5.41, 5.74) is 4.45. The van der Waals surface area contributed by atoms with Crippen molar-refractivity contribution in [2.75, 3.05) is 11.4 Å². The smallest absolute Gasteiger partial charge is 0.227 e. The number of nitrogens with one attached hydrogen (secondary N) is 1. The molecular formula is C23H28N2O2. The van der Waals surface area contributed by atoms with Crippen LogP contribution >= 0.6 is 0 Å². The van der Waals surface area contributed by atoms with E-state index in [1.165, 1.54) is 5.56 Å². The third-order valence-electron chi connectivity index (χ3n) is 5.46. The SMILES string of the molecule is Cc1cccc(N2C[C@H](C(=O)N[C@H](C)CCc3ccccc3)CC2=O)c1C. The molecule has 0 radical (unpaired) electrons. The number of carbonyl (C=O) groups is 2. The Balaban J connectivity index is 1.56. The Morgan fingerprint density at radius 3 is 2.63 bits per heavy atom. The average molecular weight is 364 g/mol. The monoisotopic (exact) mass is 364 g/mol. The van der Waals surface area contributed by atoms with Gasteiger partial charge in [0.25, 0.3) is 0 Å². The van der Waals surface area contributed by atoms with Crippen molar-refractivity contribution < 1.29 is 9.59 Å².